The molecule has 0 N–H and O–H groups in total. The van der Waals surface area contributed by atoms with Gasteiger partial charge in [0.2, 0.25) is 0 Å². The van der Waals surface area contributed by atoms with Gasteiger partial charge >= 0.3 is 0 Å². The summed E-state index contributed by atoms with van der Waals surface area (Å²) in [5, 5.41) is 4.96. The van der Waals surface area contributed by atoms with Crippen LogP contribution in [-0.2, 0) is 17.8 Å². The van der Waals surface area contributed by atoms with Gasteiger partial charge < -0.3 is 14.5 Å². The number of ether oxygens (including phenoxy) is 1. The van der Waals surface area contributed by atoms with Crippen molar-refractivity contribution in [3.05, 3.63) is 51.8 Å². The molecule has 1 aromatic heterocycles. The monoisotopic (exact) mass is 393 g/mol. The molecule has 1 aromatic rings. The van der Waals surface area contributed by atoms with Gasteiger partial charge in [0.05, 0.1) is 11.7 Å². The van der Waals surface area contributed by atoms with E-state index in [0.29, 0.717) is 12.6 Å². The number of likely N-dealkylation sites (N-methyl/N-ethyl adjacent to an activating group) is 2. The molecule has 0 spiro atoms. The van der Waals surface area contributed by atoms with E-state index in [1.54, 1.807) is 0 Å². The van der Waals surface area contributed by atoms with Gasteiger partial charge in [0.15, 0.2) is 5.76 Å². The van der Waals surface area contributed by atoms with Gasteiger partial charge in [-0.15, -0.1) is 0 Å². The molecule has 1 atom stereocenters. The first kappa shape index (κ1) is 19.8. The highest BCUT2D eigenvalue weighted by atomic mass is 16.5. The van der Waals surface area contributed by atoms with Crippen LogP contribution < -0.4 is 4.90 Å². The topological polar surface area (TPSA) is 36.8 Å². The molecule has 0 radical (unpaired) electrons. The molecule has 0 saturated heterocycles. The third-order valence-electron chi connectivity index (χ3n) is 6.25. The van der Waals surface area contributed by atoms with Crippen LogP contribution in [0.2, 0.25) is 0 Å². The lowest BCUT2D eigenvalue weighted by Crippen LogP contribution is -2.37. The lowest BCUT2D eigenvalue weighted by molar-refractivity contribution is 0.184. The average molecular weight is 394 g/mol. The first-order chi connectivity index (χ1) is 13.9. The highest BCUT2D eigenvalue weighted by molar-refractivity contribution is 5.67. The number of allylic oxidation sites excluding steroid dienone is 3. The quantitative estimate of drug-likeness (QED) is 0.695. The standard InChI is InChI=1S/C23H31N5O/c1-16-17(2)26(6)23-20-14-27(15-21(20)24-28(23)18(16)3)13-19-9-7-8-10-22(19)29-12-11-25(4)5/h7,9,17H,11-15H2,1-6H3. The van der Waals surface area contributed by atoms with Crippen LogP contribution in [0.15, 0.2) is 40.5 Å². The lowest BCUT2D eigenvalue weighted by Gasteiger charge is -2.35. The van der Waals surface area contributed by atoms with Crippen molar-refractivity contribution in [2.45, 2.75) is 39.9 Å². The largest absolute Gasteiger partial charge is 0.484 e. The summed E-state index contributed by atoms with van der Waals surface area (Å²) in [6.07, 6.45) is 4.01. The third-order valence-corrected chi connectivity index (χ3v) is 6.25. The maximum Gasteiger partial charge on any atom is 0.174 e. The minimum Gasteiger partial charge on any atom is -0.484 e. The van der Waals surface area contributed by atoms with E-state index >= 15 is 0 Å². The van der Waals surface area contributed by atoms with Crippen LogP contribution in [0.5, 0.6) is 0 Å². The Kier molecular flexibility index (Phi) is 5.28. The fourth-order valence-electron chi connectivity index (χ4n) is 4.15. The van der Waals surface area contributed by atoms with Crippen LogP contribution in [0.3, 0.4) is 0 Å². The van der Waals surface area contributed by atoms with Crippen molar-refractivity contribution in [2.24, 2.45) is 0 Å². The Labute approximate surface area is 173 Å². The number of hydrogen-bond acceptors (Lipinski definition) is 5. The molecular formula is C23H31N5O. The molecule has 1 unspecified atom stereocenters. The second kappa shape index (κ2) is 7.74. The molecule has 6 nitrogen and oxygen atoms in total. The van der Waals surface area contributed by atoms with E-state index in [4.69, 9.17) is 9.84 Å². The summed E-state index contributed by atoms with van der Waals surface area (Å²) < 4.78 is 8.11. The molecule has 1 aliphatic carbocycles. The van der Waals surface area contributed by atoms with Crippen LogP contribution in [0.1, 0.15) is 32.0 Å². The maximum atomic E-state index is 5.98. The summed E-state index contributed by atoms with van der Waals surface area (Å²) >= 11 is 0. The first-order valence-electron chi connectivity index (χ1n) is 10.3. The summed E-state index contributed by atoms with van der Waals surface area (Å²) in [7, 11) is 6.28. The van der Waals surface area contributed by atoms with E-state index < -0.39 is 0 Å². The molecule has 6 heteroatoms. The number of nitrogens with zero attached hydrogens (tertiary/aromatic N) is 5. The first-order valence-corrected chi connectivity index (χ1v) is 10.3. The Balaban J connectivity index is 1.48. The van der Waals surface area contributed by atoms with Crippen molar-refractivity contribution in [3.63, 3.8) is 0 Å². The minimum atomic E-state index is 0.397. The van der Waals surface area contributed by atoms with E-state index in [2.05, 4.69) is 78.8 Å². The van der Waals surface area contributed by atoms with Crippen molar-refractivity contribution < 1.29 is 4.74 Å². The van der Waals surface area contributed by atoms with Crippen molar-refractivity contribution >= 4 is 11.5 Å². The van der Waals surface area contributed by atoms with Crippen molar-refractivity contribution in [1.29, 1.82) is 0 Å². The molecular weight excluding hydrogens is 362 g/mol. The van der Waals surface area contributed by atoms with Gasteiger partial charge in [0, 0.05) is 50.1 Å². The molecule has 29 heavy (non-hydrogen) atoms. The van der Waals surface area contributed by atoms with E-state index in [0.717, 1.165) is 37.5 Å². The van der Waals surface area contributed by atoms with E-state index in [1.165, 1.54) is 28.3 Å². The predicted molar refractivity (Wildman–Crippen MR) is 116 cm³/mol. The van der Waals surface area contributed by atoms with Crippen LogP contribution in [-0.4, -0.2) is 66.5 Å². The molecule has 154 valence electrons. The average Bonchev–Trinajstić information content (AvgIpc) is 3.23. The van der Waals surface area contributed by atoms with Gasteiger partial charge in [0.25, 0.3) is 0 Å². The molecule has 2 aliphatic heterocycles. The lowest BCUT2D eigenvalue weighted by atomic mass is 10.0. The van der Waals surface area contributed by atoms with Gasteiger partial charge in [-0.2, -0.15) is 5.10 Å². The Bertz CT molecular complexity index is 983. The van der Waals surface area contributed by atoms with Crippen molar-refractivity contribution in [2.75, 3.05) is 45.7 Å². The molecule has 0 amide bonds. The number of aromatic nitrogens is 2. The summed E-state index contributed by atoms with van der Waals surface area (Å²) in [4.78, 5) is 6.91. The minimum absolute atomic E-state index is 0.397. The Morgan fingerprint density at radius 2 is 2.07 bits per heavy atom. The van der Waals surface area contributed by atoms with E-state index in [1.807, 2.05) is 6.08 Å². The number of hydrogen-bond donors (Lipinski definition) is 0. The van der Waals surface area contributed by atoms with E-state index in [9.17, 15) is 0 Å². The predicted octanol–water partition coefficient (Wildman–Crippen LogP) is 3.00. The summed E-state index contributed by atoms with van der Waals surface area (Å²) in [5.74, 6) is 2.05. The number of fused-ring (bicyclic) bond motifs is 3. The summed E-state index contributed by atoms with van der Waals surface area (Å²) in [6.45, 7) is 10.8. The second-order valence-corrected chi connectivity index (χ2v) is 8.47. The molecule has 3 heterocycles. The SMILES string of the molecule is CC1=C(C)n2nc3c(c2N(C)C1C)CN(CC1=CC=C=C=C1OCCN(C)C)C3. The zero-order valence-corrected chi connectivity index (χ0v) is 18.4. The van der Waals surface area contributed by atoms with Gasteiger partial charge in [-0.1, -0.05) is 5.73 Å². The highest BCUT2D eigenvalue weighted by Gasteiger charge is 2.34. The Morgan fingerprint density at radius 1 is 1.28 bits per heavy atom. The summed E-state index contributed by atoms with van der Waals surface area (Å²) in [5.41, 5.74) is 12.5. The van der Waals surface area contributed by atoms with E-state index in [-0.39, 0.29) is 0 Å². The number of anilines is 1. The zero-order valence-electron chi connectivity index (χ0n) is 18.4. The zero-order chi connectivity index (χ0) is 20.7. The Hall–Kier alpha value is -2.49. The molecule has 0 fully saturated rings. The van der Waals surface area contributed by atoms with Crippen LogP contribution in [0.25, 0.3) is 5.70 Å². The highest BCUT2D eigenvalue weighted by Crippen LogP contribution is 2.39. The number of rotatable bonds is 6. The second-order valence-electron chi connectivity index (χ2n) is 8.47. The maximum absolute atomic E-state index is 5.98. The molecule has 4 rings (SSSR count). The molecule has 3 aliphatic rings. The fraction of sp³-hybridized carbons (Fsp3) is 0.522. The smallest absolute Gasteiger partial charge is 0.174 e. The normalized spacial score (nSPS) is 20.9. The van der Waals surface area contributed by atoms with Gasteiger partial charge in [0.1, 0.15) is 12.4 Å². The molecule has 0 saturated carbocycles. The van der Waals surface area contributed by atoms with Crippen molar-refractivity contribution in [1.82, 2.24) is 19.6 Å². The molecule has 0 bridgehead atoms. The fourth-order valence-corrected chi connectivity index (χ4v) is 4.15. The van der Waals surface area contributed by atoms with Gasteiger partial charge in [-0.05, 0) is 58.3 Å². The van der Waals surface area contributed by atoms with Crippen LogP contribution in [0, 0.1) is 0 Å². The third kappa shape index (κ3) is 3.61. The van der Waals surface area contributed by atoms with Crippen molar-refractivity contribution in [3.8, 4) is 0 Å². The van der Waals surface area contributed by atoms with Crippen LogP contribution >= 0.6 is 0 Å². The summed E-state index contributed by atoms with van der Waals surface area (Å²) in [6, 6.07) is 0.397. The van der Waals surface area contributed by atoms with Crippen LogP contribution in [0.4, 0.5) is 5.82 Å². The molecule has 0 aromatic carbocycles. The van der Waals surface area contributed by atoms with Gasteiger partial charge in [-0.3, -0.25) is 4.90 Å². The van der Waals surface area contributed by atoms with Gasteiger partial charge in [-0.25, -0.2) is 4.68 Å². The Morgan fingerprint density at radius 3 is 2.83 bits per heavy atom.